The average Bonchev–Trinajstić information content (AvgIpc) is 3.02. The average molecular weight is 485 g/mol. The van der Waals surface area contributed by atoms with Crippen LogP contribution in [-0.4, -0.2) is 55.8 Å². The van der Waals surface area contributed by atoms with Crippen LogP contribution in [0.15, 0.2) is 34.9 Å². The van der Waals surface area contributed by atoms with Crippen molar-refractivity contribution in [3.05, 3.63) is 34.9 Å². The van der Waals surface area contributed by atoms with Crippen LogP contribution >= 0.6 is 0 Å². The molecule has 0 bridgehead atoms. The van der Waals surface area contributed by atoms with E-state index < -0.39 is 39.7 Å². The van der Waals surface area contributed by atoms with Crippen molar-refractivity contribution in [1.82, 2.24) is 0 Å². The summed E-state index contributed by atoms with van der Waals surface area (Å²) < 4.78 is 5.60. The first-order valence-electron chi connectivity index (χ1n) is 12.7. The number of cyclic esters (lactones) is 1. The molecule has 8 atom stereocenters. The Hall–Kier alpha value is -2.09. The summed E-state index contributed by atoms with van der Waals surface area (Å²) in [6, 6.07) is 0. The first kappa shape index (κ1) is 24.6. The molecular weight excluding hydrogens is 448 g/mol. The highest BCUT2D eigenvalue weighted by atomic mass is 16.6. The van der Waals surface area contributed by atoms with Crippen molar-refractivity contribution < 1.29 is 34.4 Å². The second-order valence-electron chi connectivity index (χ2n) is 12.1. The summed E-state index contributed by atoms with van der Waals surface area (Å²) in [4.78, 5) is 38.2. The maximum absolute atomic E-state index is 13.1. The minimum Gasteiger partial charge on any atom is -0.455 e. The zero-order chi connectivity index (χ0) is 25.8. The Kier molecular flexibility index (Phi) is 5.09. The van der Waals surface area contributed by atoms with E-state index in [-0.39, 0.29) is 36.2 Å². The van der Waals surface area contributed by atoms with Crippen molar-refractivity contribution in [3.63, 3.8) is 0 Å². The quantitative estimate of drug-likeness (QED) is 0.515. The van der Waals surface area contributed by atoms with Crippen LogP contribution in [0.4, 0.5) is 0 Å². The molecule has 190 valence electrons. The van der Waals surface area contributed by atoms with Crippen LogP contribution in [-0.2, 0) is 19.1 Å². The van der Waals surface area contributed by atoms with Gasteiger partial charge >= 0.3 is 5.97 Å². The molecule has 0 aromatic heterocycles. The molecule has 5 rings (SSSR count). The van der Waals surface area contributed by atoms with Crippen molar-refractivity contribution in [2.75, 3.05) is 0 Å². The first-order valence-corrected chi connectivity index (χ1v) is 12.7. The second-order valence-corrected chi connectivity index (χ2v) is 12.1. The SMILES string of the molecule is CC1=C(C)C(=O)O[C@@H]([C@](C)(O)[C@]2(O)CC[C@@]3(O)[C@@H]4CC=C5C(=O)C=CC(=O)[C@]5(C)[C@H]4CC[C@]23C)C1. The van der Waals surface area contributed by atoms with Gasteiger partial charge in [0.15, 0.2) is 11.6 Å². The van der Waals surface area contributed by atoms with Gasteiger partial charge in [-0.1, -0.05) is 18.6 Å². The van der Waals surface area contributed by atoms with E-state index in [1.165, 1.54) is 19.1 Å². The van der Waals surface area contributed by atoms with E-state index in [0.717, 1.165) is 5.57 Å². The number of ether oxygens (including phenoxy) is 1. The fraction of sp³-hybridized carbons (Fsp3) is 0.679. The monoisotopic (exact) mass is 484 g/mol. The zero-order valence-electron chi connectivity index (χ0n) is 21.2. The van der Waals surface area contributed by atoms with Gasteiger partial charge < -0.3 is 20.1 Å². The number of hydrogen-bond donors (Lipinski definition) is 3. The molecule has 2 fully saturated rings. The minimum atomic E-state index is -1.81. The third kappa shape index (κ3) is 2.75. The number of carbonyl (C=O) groups excluding carboxylic acids is 3. The van der Waals surface area contributed by atoms with Gasteiger partial charge in [-0.05, 0) is 83.8 Å². The van der Waals surface area contributed by atoms with Crippen molar-refractivity contribution in [3.8, 4) is 0 Å². The van der Waals surface area contributed by atoms with Crippen LogP contribution in [0.5, 0.6) is 0 Å². The zero-order valence-corrected chi connectivity index (χ0v) is 21.2. The number of fused-ring (bicyclic) bond motifs is 5. The smallest absolute Gasteiger partial charge is 0.334 e. The summed E-state index contributed by atoms with van der Waals surface area (Å²) in [5, 5.41) is 36.4. The molecule has 7 nitrogen and oxygen atoms in total. The summed E-state index contributed by atoms with van der Waals surface area (Å²) in [6.45, 7) is 8.65. The number of ketones is 2. The fourth-order valence-corrected chi connectivity index (χ4v) is 8.33. The predicted octanol–water partition coefficient (Wildman–Crippen LogP) is 2.72. The number of aliphatic hydroxyl groups is 3. The molecule has 0 unspecified atom stereocenters. The fourth-order valence-electron chi connectivity index (χ4n) is 8.33. The van der Waals surface area contributed by atoms with Crippen molar-refractivity contribution in [2.24, 2.45) is 22.7 Å². The lowest BCUT2D eigenvalue weighted by molar-refractivity contribution is -0.279. The Morgan fingerprint density at radius 1 is 1.03 bits per heavy atom. The molecule has 0 amide bonds. The number of esters is 1. The van der Waals surface area contributed by atoms with E-state index in [0.29, 0.717) is 36.8 Å². The molecule has 0 aromatic carbocycles. The largest absolute Gasteiger partial charge is 0.455 e. The van der Waals surface area contributed by atoms with E-state index in [1.54, 1.807) is 13.0 Å². The van der Waals surface area contributed by atoms with E-state index >= 15 is 0 Å². The standard InChI is InChI=1S/C28H36O7/c1-15-14-22(35-23(31)16(15)2)26(5,32)28(34)13-12-27(33)18-6-7-19-20(29)8-9-21(30)25(19,4)17(18)10-11-24(27,28)3/h7-9,17-18,22,32-34H,6,10-14H2,1-5H3/t17-,18+,22+,24-,25+,26-,27+,28-/m0/s1. The second kappa shape index (κ2) is 7.24. The predicted molar refractivity (Wildman–Crippen MR) is 127 cm³/mol. The third-order valence-corrected chi connectivity index (χ3v) is 11.0. The van der Waals surface area contributed by atoms with Crippen LogP contribution in [0.25, 0.3) is 0 Å². The molecule has 4 aliphatic carbocycles. The normalized spacial score (nSPS) is 46.9. The molecule has 1 aliphatic heterocycles. The van der Waals surface area contributed by atoms with Gasteiger partial charge in [-0.25, -0.2) is 4.79 Å². The topological polar surface area (TPSA) is 121 Å². The summed E-state index contributed by atoms with van der Waals surface area (Å²) in [7, 11) is 0. The molecule has 3 N–H and O–H groups in total. The number of rotatable bonds is 2. The Morgan fingerprint density at radius 3 is 2.37 bits per heavy atom. The third-order valence-electron chi connectivity index (χ3n) is 11.0. The maximum atomic E-state index is 13.1. The van der Waals surface area contributed by atoms with Gasteiger partial charge in [-0.3, -0.25) is 9.59 Å². The van der Waals surface area contributed by atoms with Gasteiger partial charge in [0.2, 0.25) is 0 Å². The lowest BCUT2D eigenvalue weighted by Crippen LogP contribution is -2.72. The van der Waals surface area contributed by atoms with Gasteiger partial charge in [-0.15, -0.1) is 0 Å². The molecule has 0 saturated heterocycles. The van der Waals surface area contributed by atoms with Crippen LogP contribution in [0, 0.1) is 22.7 Å². The van der Waals surface area contributed by atoms with Gasteiger partial charge in [-0.2, -0.15) is 0 Å². The van der Waals surface area contributed by atoms with Gasteiger partial charge in [0.1, 0.15) is 17.3 Å². The van der Waals surface area contributed by atoms with Crippen LogP contribution in [0.2, 0.25) is 0 Å². The van der Waals surface area contributed by atoms with Gasteiger partial charge in [0.05, 0.1) is 11.0 Å². The first-order chi connectivity index (χ1) is 16.1. The lowest BCUT2D eigenvalue weighted by Gasteiger charge is -2.62. The highest BCUT2D eigenvalue weighted by molar-refractivity contribution is 6.18. The summed E-state index contributed by atoms with van der Waals surface area (Å²) in [5.74, 6) is -1.40. The van der Waals surface area contributed by atoms with Crippen LogP contribution in [0.3, 0.4) is 0 Å². The highest BCUT2D eigenvalue weighted by Gasteiger charge is 2.76. The van der Waals surface area contributed by atoms with Gasteiger partial charge in [0, 0.05) is 23.0 Å². The Morgan fingerprint density at radius 2 is 1.71 bits per heavy atom. The molecule has 35 heavy (non-hydrogen) atoms. The molecule has 7 heteroatoms. The Labute approximate surface area is 205 Å². The van der Waals surface area contributed by atoms with E-state index in [4.69, 9.17) is 4.74 Å². The Bertz CT molecular complexity index is 1130. The summed E-state index contributed by atoms with van der Waals surface area (Å²) in [5.41, 5.74) is -5.20. The number of carbonyl (C=O) groups is 3. The summed E-state index contributed by atoms with van der Waals surface area (Å²) in [6.07, 6.45) is 5.51. The molecule has 2 saturated carbocycles. The van der Waals surface area contributed by atoms with Crippen LogP contribution in [0.1, 0.15) is 73.1 Å². The van der Waals surface area contributed by atoms with Crippen LogP contribution < -0.4 is 0 Å². The molecule has 5 aliphatic rings. The maximum Gasteiger partial charge on any atom is 0.334 e. The molecular formula is C28H36O7. The van der Waals surface area contributed by atoms with E-state index in [2.05, 4.69) is 0 Å². The van der Waals surface area contributed by atoms with E-state index in [1.807, 2.05) is 20.8 Å². The molecule has 0 radical (unpaired) electrons. The number of allylic oxidation sites excluding steroid dienone is 4. The minimum absolute atomic E-state index is 0.128. The molecule has 0 spiro atoms. The van der Waals surface area contributed by atoms with E-state index in [9.17, 15) is 29.7 Å². The van der Waals surface area contributed by atoms with Crippen molar-refractivity contribution in [1.29, 1.82) is 0 Å². The number of hydrogen-bond acceptors (Lipinski definition) is 7. The summed E-state index contributed by atoms with van der Waals surface area (Å²) >= 11 is 0. The molecule has 1 heterocycles. The highest BCUT2D eigenvalue weighted by Crippen LogP contribution is 2.70. The Balaban J connectivity index is 1.55. The molecule has 0 aromatic rings. The van der Waals surface area contributed by atoms with Gasteiger partial charge in [0.25, 0.3) is 0 Å². The van der Waals surface area contributed by atoms with Crippen molar-refractivity contribution in [2.45, 2.75) is 96.1 Å². The lowest BCUT2D eigenvalue weighted by atomic mass is 9.44. The van der Waals surface area contributed by atoms with Crippen molar-refractivity contribution >= 4 is 17.5 Å².